The van der Waals surface area contributed by atoms with E-state index in [0.29, 0.717) is 5.92 Å². The largest absolute Gasteiger partial charge is 0.457 e. The first-order valence-corrected chi connectivity index (χ1v) is 6.45. The molecule has 0 saturated carbocycles. The Morgan fingerprint density at radius 2 is 1.78 bits per heavy atom. The number of para-hydroxylation sites is 1. The molecule has 0 spiro atoms. The van der Waals surface area contributed by atoms with Crippen molar-refractivity contribution in [3.05, 3.63) is 60.2 Å². The van der Waals surface area contributed by atoms with E-state index in [1.807, 2.05) is 36.4 Å². The molecule has 1 atom stereocenters. The second-order valence-corrected chi connectivity index (χ2v) is 4.68. The molecule has 0 aliphatic carbocycles. The molecule has 1 heterocycles. The predicted octanol–water partition coefficient (Wildman–Crippen LogP) is 3.56. The number of hydrogen-bond donors (Lipinski definition) is 1. The molecule has 1 N–H and O–H groups in total. The Kier molecular flexibility index (Phi) is 3.29. The number of hydrogen-bond acceptors (Lipinski definition) is 2. The summed E-state index contributed by atoms with van der Waals surface area (Å²) >= 11 is 0. The fourth-order valence-electron chi connectivity index (χ4n) is 2.40. The average Bonchev–Trinajstić information content (AvgIpc) is 2.94. The van der Waals surface area contributed by atoms with Gasteiger partial charge < -0.3 is 10.1 Å². The van der Waals surface area contributed by atoms with E-state index in [9.17, 15) is 0 Å². The molecule has 0 amide bonds. The van der Waals surface area contributed by atoms with Crippen LogP contribution in [0.2, 0.25) is 0 Å². The third-order valence-corrected chi connectivity index (χ3v) is 3.37. The molecule has 0 bridgehead atoms. The van der Waals surface area contributed by atoms with Crippen LogP contribution in [0, 0.1) is 0 Å². The van der Waals surface area contributed by atoms with Crippen LogP contribution in [0.4, 0.5) is 0 Å². The van der Waals surface area contributed by atoms with E-state index < -0.39 is 0 Å². The van der Waals surface area contributed by atoms with E-state index >= 15 is 0 Å². The fourth-order valence-corrected chi connectivity index (χ4v) is 2.40. The first-order chi connectivity index (χ1) is 8.92. The zero-order valence-electron chi connectivity index (χ0n) is 10.3. The molecule has 1 fully saturated rings. The van der Waals surface area contributed by atoms with E-state index in [4.69, 9.17) is 4.74 Å². The van der Waals surface area contributed by atoms with Gasteiger partial charge in [-0.3, -0.25) is 0 Å². The van der Waals surface area contributed by atoms with Crippen molar-refractivity contribution < 1.29 is 4.74 Å². The molecule has 0 aromatic heterocycles. The van der Waals surface area contributed by atoms with Crippen molar-refractivity contribution in [3.63, 3.8) is 0 Å². The summed E-state index contributed by atoms with van der Waals surface area (Å²) in [5.74, 6) is 2.44. The smallest absolute Gasteiger partial charge is 0.127 e. The molecule has 2 aromatic rings. The first kappa shape index (κ1) is 11.3. The van der Waals surface area contributed by atoms with Crippen LogP contribution in [0.25, 0.3) is 0 Å². The van der Waals surface area contributed by atoms with Crippen LogP contribution in [-0.4, -0.2) is 13.1 Å². The summed E-state index contributed by atoms with van der Waals surface area (Å²) in [4.78, 5) is 0. The summed E-state index contributed by atoms with van der Waals surface area (Å²) in [6.45, 7) is 2.20. The summed E-state index contributed by atoms with van der Waals surface area (Å²) in [5.41, 5.74) is 1.37. The Labute approximate surface area is 108 Å². The normalized spacial score (nSPS) is 18.8. The van der Waals surface area contributed by atoms with Gasteiger partial charge in [0.25, 0.3) is 0 Å². The van der Waals surface area contributed by atoms with Crippen LogP contribution >= 0.6 is 0 Å². The van der Waals surface area contributed by atoms with E-state index in [0.717, 1.165) is 24.6 Å². The second-order valence-electron chi connectivity index (χ2n) is 4.68. The van der Waals surface area contributed by atoms with Crippen molar-refractivity contribution in [2.24, 2.45) is 0 Å². The van der Waals surface area contributed by atoms with Crippen molar-refractivity contribution in [2.45, 2.75) is 12.3 Å². The fraction of sp³-hybridized carbons (Fsp3) is 0.250. The van der Waals surface area contributed by atoms with E-state index in [-0.39, 0.29) is 0 Å². The van der Waals surface area contributed by atoms with Gasteiger partial charge in [-0.05, 0) is 48.7 Å². The number of rotatable bonds is 3. The lowest BCUT2D eigenvalue weighted by molar-refractivity contribution is 0.481. The van der Waals surface area contributed by atoms with Crippen LogP contribution < -0.4 is 10.1 Å². The third-order valence-electron chi connectivity index (χ3n) is 3.37. The Balaban J connectivity index is 1.78. The molecule has 2 heteroatoms. The average molecular weight is 239 g/mol. The monoisotopic (exact) mass is 239 g/mol. The van der Waals surface area contributed by atoms with Crippen LogP contribution in [0.1, 0.15) is 17.9 Å². The molecule has 1 aliphatic rings. The Morgan fingerprint density at radius 1 is 0.944 bits per heavy atom. The number of nitrogens with one attached hydrogen (secondary N) is 1. The Bertz CT molecular complexity index is 504. The van der Waals surface area contributed by atoms with Crippen molar-refractivity contribution in [3.8, 4) is 11.5 Å². The van der Waals surface area contributed by atoms with Gasteiger partial charge in [-0.15, -0.1) is 0 Å². The zero-order chi connectivity index (χ0) is 12.2. The summed E-state index contributed by atoms with van der Waals surface area (Å²) in [6, 6.07) is 18.4. The van der Waals surface area contributed by atoms with Gasteiger partial charge in [0.05, 0.1) is 0 Å². The standard InChI is InChI=1S/C16H17NO/c1-2-6-15(7-3-1)18-16-8-4-5-13(11-16)14-9-10-17-12-14/h1-8,11,14,17H,9-10,12H2/t14-/m1/s1. The highest BCUT2D eigenvalue weighted by Gasteiger charge is 2.16. The summed E-state index contributed by atoms with van der Waals surface area (Å²) < 4.78 is 5.86. The van der Waals surface area contributed by atoms with Crippen molar-refractivity contribution in [2.75, 3.05) is 13.1 Å². The van der Waals surface area contributed by atoms with Crippen LogP contribution in [-0.2, 0) is 0 Å². The van der Waals surface area contributed by atoms with Crippen LogP contribution in [0.15, 0.2) is 54.6 Å². The Hall–Kier alpha value is -1.80. The van der Waals surface area contributed by atoms with Gasteiger partial charge in [0.15, 0.2) is 0 Å². The quantitative estimate of drug-likeness (QED) is 0.884. The summed E-state index contributed by atoms with van der Waals surface area (Å²) in [5, 5.41) is 3.40. The zero-order valence-corrected chi connectivity index (χ0v) is 10.3. The molecule has 1 aliphatic heterocycles. The minimum Gasteiger partial charge on any atom is -0.457 e. The molecular weight excluding hydrogens is 222 g/mol. The van der Waals surface area contributed by atoms with Crippen molar-refractivity contribution >= 4 is 0 Å². The molecule has 2 nitrogen and oxygen atoms in total. The number of benzene rings is 2. The molecule has 1 saturated heterocycles. The molecular formula is C16H17NO. The lowest BCUT2D eigenvalue weighted by Gasteiger charge is -2.11. The molecule has 18 heavy (non-hydrogen) atoms. The maximum Gasteiger partial charge on any atom is 0.127 e. The van der Waals surface area contributed by atoms with E-state index in [1.54, 1.807) is 0 Å². The van der Waals surface area contributed by atoms with Gasteiger partial charge in [-0.2, -0.15) is 0 Å². The van der Waals surface area contributed by atoms with Gasteiger partial charge >= 0.3 is 0 Å². The molecule has 0 unspecified atom stereocenters. The molecule has 3 rings (SSSR count). The lowest BCUT2D eigenvalue weighted by Crippen LogP contribution is -2.07. The third kappa shape index (κ3) is 2.54. The van der Waals surface area contributed by atoms with E-state index in [2.05, 4.69) is 23.5 Å². The highest BCUT2D eigenvalue weighted by molar-refractivity contribution is 5.35. The van der Waals surface area contributed by atoms with Gasteiger partial charge in [0, 0.05) is 6.54 Å². The minimum absolute atomic E-state index is 0.629. The molecule has 92 valence electrons. The van der Waals surface area contributed by atoms with E-state index in [1.165, 1.54) is 12.0 Å². The SMILES string of the molecule is c1ccc(Oc2cccc([C@@H]3CCNC3)c2)cc1. The predicted molar refractivity (Wildman–Crippen MR) is 73.2 cm³/mol. The van der Waals surface area contributed by atoms with Gasteiger partial charge in [-0.1, -0.05) is 30.3 Å². The Morgan fingerprint density at radius 3 is 2.56 bits per heavy atom. The number of ether oxygens (including phenoxy) is 1. The molecule has 0 radical (unpaired) electrons. The minimum atomic E-state index is 0.629. The van der Waals surface area contributed by atoms with Crippen molar-refractivity contribution in [1.29, 1.82) is 0 Å². The second kappa shape index (κ2) is 5.23. The first-order valence-electron chi connectivity index (χ1n) is 6.45. The highest BCUT2D eigenvalue weighted by atomic mass is 16.5. The lowest BCUT2D eigenvalue weighted by atomic mass is 9.98. The van der Waals surface area contributed by atoms with Gasteiger partial charge in [0.2, 0.25) is 0 Å². The molecule has 2 aromatic carbocycles. The summed E-state index contributed by atoms with van der Waals surface area (Å²) in [6.07, 6.45) is 1.22. The maximum absolute atomic E-state index is 5.86. The summed E-state index contributed by atoms with van der Waals surface area (Å²) in [7, 11) is 0. The van der Waals surface area contributed by atoms with Crippen molar-refractivity contribution in [1.82, 2.24) is 5.32 Å². The van der Waals surface area contributed by atoms with Crippen LogP contribution in [0.5, 0.6) is 11.5 Å². The highest BCUT2D eigenvalue weighted by Crippen LogP contribution is 2.27. The van der Waals surface area contributed by atoms with Gasteiger partial charge in [-0.25, -0.2) is 0 Å². The van der Waals surface area contributed by atoms with Gasteiger partial charge in [0.1, 0.15) is 11.5 Å². The topological polar surface area (TPSA) is 21.3 Å². The van der Waals surface area contributed by atoms with Crippen LogP contribution in [0.3, 0.4) is 0 Å². The maximum atomic E-state index is 5.86.